The van der Waals surface area contributed by atoms with Gasteiger partial charge in [-0.1, -0.05) is 12.1 Å². The summed E-state index contributed by atoms with van der Waals surface area (Å²) in [5.74, 6) is 4.61. The molecule has 1 aromatic rings. The zero-order valence-corrected chi connectivity index (χ0v) is 14.3. The first-order valence-corrected chi connectivity index (χ1v) is 9.20. The fourth-order valence-corrected chi connectivity index (χ4v) is 4.63. The van der Waals surface area contributed by atoms with E-state index in [4.69, 9.17) is 15.2 Å². The van der Waals surface area contributed by atoms with Crippen LogP contribution in [0.3, 0.4) is 0 Å². The highest BCUT2D eigenvalue weighted by atomic mass is 32.2. The van der Waals surface area contributed by atoms with Crippen molar-refractivity contribution in [1.82, 2.24) is 4.90 Å². The van der Waals surface area contributed by atoms with Gasteiger partial charge >= 0.3 is 0 Å². The van der Waals surface area contributed by atoms with Crippen LogP contribution < -0.4 is 15.2 Å². The number of nitrogens with two attached hydrogens (primary N) is 1. The van der Waals surface area contributed by atoms with Gasteiger partial charge in [-0.15, -0.1) is 0 Å². The van der Waals surface area contributed by atoms with Crippen LogP contribution in [0.4, 0.5) is 0 Å². The minimum atomic E-state index is 0.312. The highest BCUT2D eigenvalue weighted by Gasteiger charge is 2.32. The topological polar surface area (TPSA) is 47.7 Å². The number of benzene rings is 1. The van der Waals surface area contributed by atoms with Gasteiger partial charge in [-0.3, -0.25) is 4.90 Å². The molecule has 2 saturated heterocycles. The molecule has 1 aromatic carbocycles. The number of likely N-dealkylation sites (tertiary alicyclic amines) is 1. The Kier molecular flexibility index (Phi) is 5.16. The molecule has 0 bridgehead atoms. The Morgan fingerprint density at radius 2 is 2.27 bits per heavy atom. The Morgan fingerprint density at radius 3 is 2.91 bits per heavy atom. The lowest BCUT2D eigenvalue weighted by Gasteiger charge is -2.24. The van der Waals surface area contributed by atoms with E-state index in [0.29, 0.717) is 18.1 Å². The fraction of sp³-hybridized carbons (Fsp3) is 0.647. The van der Waals surface area contributed by atoms with E-state index < -0.39 is 0 Å². The van der Waals surface area contributed by atoms with Crippen molar-refractivity contribution in [2.24, 2.45) is 11.7 Å². The molecule has 122 valence electrons. The largest absolute Gasteiger partial charge is 0.493 e. The molecule has 3 unspecified atom stereocenters. The van der Waals surface area contributed by atoms with Gasteiger partial charge in [0, 0.05) is 23.9 Å². The van der Waals surface area contributed by atoms with Crippen LogP contribution in [0.15, 0.2) is 18.2 Å². The number of hydrogen-bond acceptors (Lipinski definition) is 5. The van der Waals surface area contributed by atoms with Gasteiger partial charge < -0.3 is 15.2 Å². The standard InChI is InChI=1S/C17H26N2O2S/c1-19-10-12(9-18)8-15(19)14-4-3-5-16(17(14)20-2)21-13-6-7-22-11-13/h3-5,12-13,15H,6-11,18H2,1-2H3. The van der Waals surface area contributed by atoms with Crippen LogP contribution in [0, 0.1) is 5.92 Å². The van der Waals surface area contributed by atoms with Crippen LogP contribution in [0.25, 0.3) is 0 Å². The minimum Gasteiger partial charge on any atom is -0.493 e. The van der Waals surface area contributed by atoms with Crippen molar-refractivity contribution in [3.05, 3.63) is 23.8 Å². The van der Waals surface area contributed by atoms with Crippen LogP contribution in [0.2, 0.25) is 0 Å². The molecule has 2 fully saturated rings. The summed E-state index contributed by atoms with van der Waals surface area (Å²) >= 11 is 1.96. The predicted molar refractivity (Wildman–Crippen MR) is 91.9 cm³/mol. The zero-order chi connectivity index (χ0) is 15.5. The summed E-state index contributed by atoms with van der Waals surface area (Å²) in [5.41, 5.74) is 7.09. The maximum absolute atomic E-state index is 6.20. The summed E-state index contributed by atoms with van der Waals surface area (Å²) in [4.78, 5) is 2.38. The molecule has 0 aromatic heterocycles. The van der Waals surface area contributed by atoms with Crippen LogP contribution in [-0.2, 0) is 0 Å². The maximum Gasteiger partial charge on any atom is 0.165 e. The second-order valence-electron chi connectivity index (χ2n) is 6.27. The van der Waals surface area contributed by atoms with E-state index in [2.05, 4.69) is 24.1 Å². The Morgan fingerprint density at radius 1 is 1.41 bits per heavy atom. The maximum atomic E-state index is 6.20. The summed E-state index contributed by atoms with van der Waals surface area (Å²) in [6, 6.07) is 6.64. The lowest BCUT2D eigenvalue weighted by molar-refractivity contribution is 0.215. The van der Waals surface area contributed by atoms with Crippen molar-refractivity contribution >= 4 is 11.8 Å². The second kappa shape index (κ2) is 7.11. The van der Waals surface area contributed by atoms with Crippen molar-refractivity contribution in [2.75, 3.05) is 38.8 Å². The molecule has 3 rings (SSSR count). The number of rotatable bonds is 5. The van der Waals surface area contributed by atoms with E-state index in [1.165, 1.54) is 11.3 Å². The summed E-state index contributed by atoms with van der Waals surface area (Å²) in [6.07, 6.45) is 2.52. The third kappa shape index (κ3) is 3.21. The third-order valence-electron chi connectivity index (χ3n) is 4.72. The molecule has 3 atom stereocenters. The molecule has 0 amide bonds. The van der Waals surface area contributed by atoms with Gasteiger partial charge in [-0.2, -0.15) is 11.8 Å². The fourth-order valence-electron chi connectivity index (χ4n) is 3.53. The van der Waals surface area contributed by atoms with Gasteiger partial charge in [0.1, 0.15) is 6.10 Å². The Labute approximate surface area is 137 Å². The summed E-state index contributed by atoms with van der Waals surface area (Å²) in [5, 5.41) is 0. The Balaban J connectivity index is 1.84. The molecule has 0 spiro atoms. The van der Waals surface area contributed by atoms with Crippen LogP contribution in [0.5, 0.6) is 11.5 Å². The van der Waals surface area contributed by atoms with Crippen molar-refractivity contribution in [2.45, 2.75) is 25.0 Å². The monoisotopic (exact) mass is 322 g/mol. The van der Waals surface area contributed by atoms with Gasteiger partial charge in [0.2, 0.25) is 0 Å². The molecular weight excluding hydrogens is 296 g/mol. The molecule has 5 heteroatoms. The highest BCUT2D eigenvalue weighted by Crippen LogP contribution is 2.43. The molecule has 2 aliphatic heterocycles. The smallest absolute Gasteiger partial charge is 0.165 e. The van der Waals surface area contributed by atoms with Gasteiger partial charge in [-0.05, 0) is 44.2 Å². The van der Waals surface area contributed by atoms with Crippen LogP contribution in [0.1, 0.15) is 24.4 Å². The first-order chi connectivity index (χ1) is 10.7. The van der Waals surface area contributed by atoms with Crippen molar-refractivity contribution in [3.63, 3.8) is 0 Å². The average Bonchev–Trinajstić information content (AvgIpc) is 3.16. The van der Waals surface area contributed by atoms with Gasteiger partial charge in [-0.25, -0.2) is 0 Å². The Hall–Kier alpha value is -0.910. The van der Waals surface area contributed by atoms with Crippen LogP contribution >= 0.6 is 11.8 Å². The molecular formula is C17H26N2O2S. The Bertz CT molecular complexity index is 505. The summed E-state index contributed by atoms with van der Waals surface area (Å²) < 4.78 is 11.9. The number of hydrogen-bond donors (Lipinski definition) is 1. The zero-order valence-electron chi connectivity index (χ0n) is 13.5. The molecule has 2 aliphatic rings. The highest BCUT2D eigenvalue weighted by molar-refractivity contribution is 7.99. The van der Waals surface area contributed by atoms with Crippen molar-refractivity contribution < 1.29 is 9.47 Å². The van der Waals surface area contributed by atoms with Gasteiger partial charge in [0.05, 0.1) is 7.11 Å². The van der Waals surface area contributed by atoms with E-state index in [-0.39, 0.29) is 0 Å². The first-order valence-electron chi connectivity index (χ1n) is 8.04. The summed E-state index contributed by atoms with van der Waals surface area (Å²) in [6.45, 7) is 1.80. The van der Waals surface area contributed by atoms with E-state index in [9.17, 15) is 0 Å². The molecule has 2 N–H and O–H groups in total. The number of ether oxygens (including phenoxy) is 2. The number of nitrogens with zero attached hydrogens (tertiary/aromatic N) is 1. The normalized spacial score (nSPS) is 29.0. The minimum absolute atomic E-state index is 0.312. The van der Waals surface area contributed by atoms with Crippen molar-refractivity contribution in [1.29, 1.82) is 0 Å². The molecule has 0 saturated carbocycles. The first kappa shape index (κ1) is 16.0. The van der Waals surface area contributed by atoms with Crippen LogP contribution in [-0.4, -0.2) is 49.8 Å². The van der Waals surface area contributed by atoms with Gasteiger partial charge in [0.25, 0.3) is 0 Å². The van der Waals surface area contributed by atoms with E-state index >= 15 is 0 Å². The average molecular weight is 322 g/mol. The number of para-hydroxylation sites is 1. The quantitative estimate of drug-likeness (QED) is 0.903. The molecule has 0 radical (unpaired) electrons. The summed E-state index contributed by atoms with van der Waals surface area (Å²) in [7, 11) is 3.91. The van der Waals surface area contributed by atoms with Crippen molar-refractivity contribution in [3.8, 4) is 11.5 Å². The SMILES string of the molecule is COc1c(OC2CCSC2)cccc1C1CC(CN)CN1C. The number of thioether (sulfide) groups is 1. The second-order valence-corrected chi connectivity index (χ2v) is 7.42. The lowest BCUT2D eigenvalue weighted by atomic mass is 9.98. The van der Waals surface area contributed by atoms with E-state index in [1.807, 2.05) is 17.8 Å². The van der Waals surface area contributed by atoms with E-state index in [1.54, 1.807) is 7.11 Å². The molecule has 4 nitrogen and oxygen atoms in total. The molecule has 22 heavy (non-hydrogen) atoms. The predicted octanol–water partition coefficient (Wildman–Crippen LogP) is 2.53. The number of methoxy groups -OCH3 is 1. The van der Waals surface area contributed by atoms with E-state index in [0.717, 1.165) is 43.2 Å². The molecule has 0 aliphatic carbocycles. The van der Waals surface area contributed by atoms with Gasteiger partial charge in [0.15, 0.2) is 11.5 Å². The lowest BCUT2D eigenvalue weighted by Crippen LogP contribution is -2.21. The molecule has 2 heterocycles. The third-order valence-corrected chi connectivity index (χ3v) is 5.85.